The Balaban J connectivity index is 0.00000220. The van der Waals surface area contributed by atoms with Gasteiger partial charge in [0.05, 0.1) is 18.1 Å². The molecule has 2 heterocycles. The van der Waals surface area contributed by atoms with E-state index in [1.807, 2.05) is 37.0 Å². The Morgan fingerprint density at radius 3 is 2.81 bits per heavy atom. The second-order valence-electron chi connectivity index (χ2n) is 5.12. The summed E-state index contributed by atoms with van der Waals surface area (Å²) in [4.78, 5) is 4.49. The SMILES string of the molecule is CCNC(=NCc1ccn(C)c1)NC1CCS(=O)(=O)C1.I. The van der Waals surface area contributed by atoms with Gasteiger partial charge in [0.2, 0.25) is 0 Å². The van der Waals surface area contributed by atoms with E-state index in [2.05, 4.69) is 15.6 Å². The van der Waals surface area contributed by atoms with E-state index in [0.717, 1.165) is 12.1 Å². The number of sulfone groups is 1. The first kappa shape index (κ1) is 18.3. The normalized spacial score (nSPS) is 20.9. The lowest BCUT2D eigenvalue weighted by Gasteiger charge is -2.15. The van der Waals surface area contributed by atoms with Crippen LogP contribution in [0.4, 0.5) is 0 Å². The third-order valence-electron chi connectivity index (χ3n) is 3.23. The fraction of sp³-hybridized carbons (Fsp3) is 0.615. The molecule has 1 fully saturated rings. The molecular formula is C13H23IN4O2S. The van der Waals surface area contributed by atoms with E-state index in [-0.39, 0.29) is 41.5 Å². The molecule has 2 N–H and O–H groups in total. The van der Waals surface area contributed by atoms with Gasteiger partial charge < -0.3 is 15.2 Å². The van der Waals surface area contributed by atoms with Crippen LogP contribution in [0.25, 0.3) is 0 Å². The molecule has 1 aliphatic rings. The minimum Gasteiger partial charge on any atom is -0.357 e. The van der Waals surface area contributed by atoms with E-state index in [4.69, 9.17) is 0 Å². The summed E-state index contributed by atoms with van der Waals surface area (Å²) in [6.45, 7) is 3.32. The van der Waals surface area contributed by atoms with E-state index >= 15 is 0 Å². The summed E-state index contributed by atoms with van der Waals surface area (Å²) in [5, 5.41) is 6.35. The Hall–Kier alpha value is -0.770. The third kappa shape index (κ3) is 5.85. The Kier molecular flexibility index (Phi) is 6.98. The lowest BCUT2D eigenvalue weighted by molar-refractivity contribution is 0.599. The number of nitrogens with zero attached hydrogens (tertiary/aromatic N) is 2. The zero-order chi connectivity index (χ0) is 14.6. The fourth-order valence-corrected chi connectivity index (χ4v) is 3.92. The van der Waals surface area contributed by atoms with Gasteiger partial charge >= 0.3 is 0 Å². The minimum absolute atomic E-state index is 0. The predicted molar refractivity (Wildman–Crippen MR) is 95.8 cm³/mol. The monoisotopic (exact) mass is 426 g/mol. The molecular weight excluding hydrogens is 403 g/mol. The van der Waals surface area contributed by atoms with Crippen LogP contribution in [0.15, 0.2) is 23.5 Å². The van der Waals surface area contributed by atoms with Crippen molar-refractivity contribution in [2.75, 3.05) is 18.1 Å². The first-order valence-electron chi connectivity index (χ1n) is 6.84. The van der Waals surface area contributed by atoms with E-state index < -0.39 is 9.84 Å². The van der Waals surface area contributed by atoms with E-state index in [0.29, 0.717) is 18.9 Å². The number of aliphatic imine (C=N–C) groups is 1. The second kappa shape index (κ2) is 8.02. The number of halogens is 1. The van der Waals surface area contributed by atoms with Crippen LogP contribution in [0.5, 0.6) is 0 Å². The molecule has 1 saturated heterocycles. The summed E-state index contributed by atoms with van der Waals surface area (Å²) < 4.78 is 24.9. The summed E-state index contributed by atoms with van der Waals surface area (Å²) in [5.74, 6) is 1.14. The number of aromatic nitrogens is 1. The molecule has 0 aliphatic carbocycles. The predicted octanol–water partition coefficient (Wildman–Crippen LogP) is 0.885. The molecule has 1 aromatic rings. The van der Waals surface area contributed by atoms with Gasteiger partial charge in [-0.2, -0.15) is 0 Å². The van der Waals surface area contributed by atoms with Crippen LogP contribution in [0, 0.1) is 0 Å². The molecule has 2 rings (SSSR count). The number of hydrogen-bond acceptors (Lipinski definition) is 3. The molecule has 0 amide bonds. The molecule has 1 aliphatic heterocycles. The molecule has 0 aromatic carbocycles. The molecule has 1 unspecified atom stereocenters. The minimum atomic E-state index is -2.87. The third-order valence-corrected chi connectivity index (χ3v) is 5.00. The van der Waals surface area contributed by atoms with Crippen LogP contribution in [0.1, 0.15) is 18.9 Å². The van der Waals surface area contributed by atoms with Crippen molar-refractivity contribution in [3.8, 4) is 0 Å². The summed E-state index contributed by atoms with van der Waals surface area (Å²) >= 11 is 0. The molecule has 1 atom stereocenters. The number of guanidine groups is 1. The van der Waals surface area contributed by atoms with Gasteiger partial charge in [0, 0.05) is 32.0 Å². The first-order chi connectivity index (χ1) is 9.48. The smallest absolute Gasteiger partial charge is 0.191 e. The van der Waals surface area contributed by atoms with E-state index in [9.17, 15) is 8.42 Å². The van der Waals surface area contributed by atoms with Crippen molar-refractivity contribution in [3.05, 3.63) is 24.0 Å². The van der Waals surface area contributed by atoms with Crippen LogP contribution in [0.2, 0.25) is 0 Å². The fourth-order valence-electron chi connectivity index (χ4n) is 2.25. The number of aryl methyl sites for hydroxylation is 1. The highest BCUT2D eigenvalue weighted by Gasteiger charge is 2.28. The van der Waals surface area contributed by atoms with Gasteiger partial charge in [0.15, 0.2) is 15.8 Å². The van der Waals surface area contributed by atoms with E-state index in [1.54, 1.807) is 0 Å². The van der Waals surface area contributed by atoms with Gasteiger partial charge in [-0.3, -0.25) is 0 Å². The Labute approximate surface area is 143 Å². The average Bonchev–Trinajstić information content (AvgIpc) is 2.93. The molecule has 0 radical (unpaired) electrons. The molecule has 1 aromatic heterocycles. The van der Waals surface area contributed by atoms with Gasteiger partial charge in [-0.05, 0) is 25.0 Å². The summed E-state index contributed by atoms with van der Waals surface area (Å²) in [6.07, 6.45) is 4.65. The molecule has 6 nitrogen and oxygen atoms in total. The van der Waals surface area contributed by atoms with Crippen LogP contribution >= 0.6 is 24.0 Å². The number of nitrogens with one attached hydrogen (secondary N) is 2. The summed E-state index contributed by atoms with van der Waals surface area (Å²) in [6, 6.07) is 1.99. The van der Waals surface area contributed by atoms with Gasteiger partial charge in [-0.15, -0.1) is 24.0 Å². The van der Waals surface area contributed by atoms with Gasteiger partial charge in [-0.1, -0.05) is 0 Å². The Morgan fingerprint density at radius 1 is 1.52 bits per heavy atom. The quantitative estimate of drug-likeness (QED) is 0.426. The molecule has 21 heavy (non-hydrogen) atoms. The maximum absolute atomic E-state index is 11.5. The molecule has 8 heteroatoms. The maximum atomic E-state index is 11.5. The van der Waals surface area contributed by atoms with Crippen molar-refractivity contribution >= 4 is 39.8 Å². The number of hydrogen-bond donors (Lipinski definition) is 2. The lowest BCUT2D eigenvalue weighted by Crippen LogP contribution is -2.44. The Bertz CT molecular complexity index is 583. The summed E-state index contributed by atoms with van der Waals surface area (Å²) in [5.41, 5.74) is 1.13. The Morgan fingerprint density at radius 2 is 2.29 bits per heavy atom. The molecule has 0 spiro atoms. The number of rotatable bonds is 4. The highest BCUT2D eigenvalue weighted by Crippen LogP contribution is 2.11. The van der Waals surface area contributed by atoms with Crippen molar-refractivity contribution in [2.45, 2.75) is 25.9 Å². The van der Waals surface area contributed by atoms with Gasteiger partial charge in [0.1, 0.15) is 0 Å². The van der Waals surface area contributed by atoms with Crippen molar-refractivity contribution in [3.63, 3.8) is 0 Å². The van der Waals surface area contributed by atoms with E-state index in [1.165, 1.54) is 0 Å². The first-order valence-corrected chi connectivity index (χ1v) is 8.67. The second-order valence-corrected chi connectivity index (χ2v) is 7.35. The maximum Gasteiger partial charge on any atom is 0.191 e. The summed E-state index contributed by atoms with van der Waals surface area (Å²) in [7, 11) is -0.896. The standard InChI is InChI=1S/C13H22N4O2S.HI/c1-3-14-13(15-8-11-4-6-17(2)9-11)16-12-5-7-20(18,19)10-12;/h4,6,9,12H,3,5,7-8,10H2,1-2H3,(H2,14,15,16);1H. The highest BCUT2D eigenvalue weighted by molar-refractivity contribution is 14.0. The topological polar surface area (TPSA) is 75.5 Å². The van der Waals surface area contributed by atoms with Gasteiger partial charge in [-0.25, -0.2) is 13.4 Å². The van der Waals surface area contributed by atoms with Gasteiger partial charge in [0.25, 0.3) is 0 Å². The van der Waals surface area contributed by atoms with Crippen molar-refractivity contribution in [2.24, 2.45) is 12.0 Å². The lowest BCUT2D eigenvalue weighted by atomic mass is 10.3. The molecule has 0 bridgehead atoms. The van der Waals surface area contributed by atoms with Crippen molar-refractivity contribution in [1.82, 2.24) is 15.2 Å². The molecule has 120 valence electrons. The highest BCUT2D eigenvalue weighted by atomic mass is 127. The van der Waals surface area contributed by atoms with Crippen LogP contribution in [-0.4, -0.2) is 43.0 Å². The van der Waals surface area contributed by atoms with Crippen LogP contribution < -0.4 is 10.6 Å². The van der Waals surface area contributed by atoms with Crippen molar-refractivity contribution < 1.29 is 8.42 Å². The molecule has 0 saturated carbocycles. The average molecular weight is 426 g/mol. The van der Waals surface area contributed by atoms with Crippen LogP contribution in [0.3, 0.4) is 0 Å². The van der Waals surface area contributed by atoms with Crippen LogP contribution in [-0.2, 0) is 23.4 Å². The van der Waals surface area contributed by atoms with Crippen molar-refractivity contribution in [1.29, 1.82) is 0 Å². The zero-order valence-corrected chi connectivity index (χ0v) is 15.5. The largest absolute Gasteiger partial charge is 0.357 e. The zero-order valence-electron chi connectivity index (χ0n) is 12.4.